The van der Waals surface area contributed by atoms with Gasteiger partial charge in [0.25, 0.3) is 0 Å². The van der Waals surface area contributed by atoms with Crippen LogP contribution >= 0.6 is 0 Å². The SMILES string of the molecule is [N-]=[N+]=NCCOCCOc1cccc(OCCOCCN=[N+]=[N-])c1. The fourth-order valence-electron chi connectivity index (χ4n) is 1.59. The Kier molecular flexibility index (Phi) is 11.3. The summed E-state index contributed by atoms with van der Waals surface area (Å²) >= 11 is 0. The first kappa shape index (κ1) is 19.4. The van der Waals surface area contributed by atoms with Crippen molar-refractivity contribution in [2.45, 2.75) is 0 Å². The number of hydrogen-bond donors (Lipinski definition) is 0. The molecule has 0 atom stereocenters. The van der Waals surface area contributed by atoms with Crippen molar-refractivity contribution in [3.63, 3.8) is 0 Å². The predicted molar refractivity (Wildman–Crippen MR) is 87.1 cm³/mol. The van der Waals surface area contributed by atoms with E-state index in [0.29, 0.717) is 64.2 Å². The number of rotatable bonds is 14. The van der Waals surface area contributed by atoms with Crippen LogP contribution in [0.1, 0.15) is 0 Å². The highest BCUT2D eigenvalue weighted by Gasteiger charge is 1.98. The molecule has 0 N–H and O–H groups in total. The Labute approximate surface area is 139 Å². The van der Waals surface area contributed by atoms with Crippen molar-refractivity contribution in [3.05, 3.63) is 45.2 Å². The number of benzene rings is 1. The highest BCUT2D eigenvalue weighted by molar-refractivity contribution is 5.32. The molecule has 0 unspecified atom stereocenters. The van der Waals surface area contributed by atoms with Gasteiger partial charge in [0.1, 0.15) is 24.7 Å². The Morgan fingerprint density at radius 1 is 0.750 bits per heavy atom. The molecule has 0 aliphatic rings. The minimum atomic E-state index is 0.310. The summed E-state index contributed by atoms with van der Waals surface area (Å²) in [4.78, 5) is 5.26. The summed E-state index contributed by atoms with van der Waals surface area (Å²) in [5.74, 6) is 1.35. The summed E-state index contributed by atoms with van der Waals surface area (Å²) in [5.41, 5.74) is 16.2. The Morgan fingerprint density at radius 3 is 1.71 bits per heavy atom. The standard InChI is InChI=1S/C14H20N6O4/c15-19-17-4-6-21-8-10-23-13-2-1-3-14(12-13)24-11-9-22-7-5-18-20-16/h1-3,12H,4-11H2. The zero-order valence-electron chi connectivity index (χ0n) is 13.3. The van der Waals surface area contributed by atoms with E-state index in [4.69, 9.17) is 30.0 Å². The van der Waals surface area contributed by atoms with Crippen molar-refractivity contribution >= 4 is 0 Å². The zero-order valence-corrected chi connectivity index (χ0v) is 13.3. The molecule has 0 aliphatic carbocycles. The Morgan fingerprint density at radius 2 is 1.25 bits per heavy atom. The van der Waals surface area contributed by atoms with Crippen LogP contribution in [0.3, 0.4) is 0 Å². The zero-order chi connectivity index (χ0) is 17.3. The second-order valence-corrected chi connectivity index (χ2v) is 4.31. The Bertz CT molecular complexity index is 513. The van der Waals surface area contributed by atoms with E-state index in [1.165, 1.54) is 0 Å². The third-order valence-corrected chi connectivity index (χ3v) is 2.60. The molecule has 0 aliphatic heterocycles. The molecule has 0 aromatic heterocycles. The van der Waals surface area contributed by atoms with Gasteiger partial charge < -0.3 is 18.9 Å². The Balaban J connectivity index is 2.14. The highest BCUT2D eigenvalue weighted by atomic mass is 16.5. The van der Waals surface area contributed by atoms with Gasteiger partial charge in [-0.25, -0.2) is 0 Å². The van der Waals surface area contributed by atoms with Crippen LogP contribution in [-0.2, 0) is 9.47 Å². The Hall–Kier alpha value is -2.64. The number of ether oxygens (including phenoxy) is 4. The number of azide groups is 2. The van der Waals surface area contributed by atoms with E-state index >= 15 is 0 Å². The van der Waals surface area contributed by atoms with E-state index in [1.54, 1.807) is 6.07 Å². The summed E-state index contributed by atoms with van der Waals surface area (Å²) in [5, 5.41) is 6.72. The summed E-state index contributed by atoms with van der Waals surface area (Å²) in [6.45, 7) is 2.96. The van der Waals surface area contributed by atoms with Crippen molar-refractivity contribution in [1.82, 2.24) is 0 Å². The molecule has 0 bridgehead atoms. The van der Waals surface area contributed by atoms with Crippen LogP contribution in [0.25, 0.3) is 20.9 Å². The largest absolute Gasteiger partial charge is 0.491 e. The summed E-state index contributed by atoms with van der Waals surface area (Å²) in [7, 11) is 0. The van der Waals surface area contributed by atoms with Crippen LogP contribution in [0.15, 0.2) is 34.5 Å². The maximum Gasteiger partial charge on any atom is 0.123 e. The smallest absolute Gasteiger partial charge is 0.123 e. The summed E-state index contributed by atoms with van der Waals surface area (Å²) < 4.78 is 21.6. The van der Waals surface area contributed by atoms with Gasteiger partial charge in [-0.15, -0.1) is 0 Å². The second kappa shape index (κ2) is 14.0. The van der Waals surface area contributed by atoms with E-state index in [0.717, 1.165) is 0 Å². The first-order valence-electron chi connectivity index (χ1n) is 7.39. The third kappa shape index (κ3) is 10.1. The second-order valence-electron chi connectivity index (χ2n) is 4.31. The van der Waals surface area contributed by atoms with Crippen LogP contribution < -0.4 is 9.47 Å². The molecule has 0 saturated heterocycles. The van der Waals surface area contributed by atoms with Gasteiger partial charge in [-0.3, -0.25) is 0 Å². The summed E-state index contributed by atoms with van der Waals surface area (Å²) in [6, 6.07) is 7.25. The molecule has 0 fully saturated rings. The van der Waals surface area contributed by atoms with Gasteiger partial charge in [0, 0.05) is 29.0 Å². The van der Waals surface area contributed by atoms with Crippen LogP contribution in [0, 0.1) is 0 Å². The molecule has 0 heterocycles. The number of hydrogen-bond acceptors (Lipinski definition) is 6. The van der Waals surface area contributed by atoms with E-state index in [1.807, 2.05) is 18.2 Å². The van der Waals surface area contributed by atoms with E-state index in [9.17, 15) is 0 Å². The lowest BCUT2D eigenvalue weighted by Gasteiger charge is -2.10. The van der Waals surface area contributed by atoms with Gasteiger partial charge in [0.2, 0.25) is 0 Å². The van der Waals surface area contributed by atoms with Gasteiger partial charge in [0.15, 0.2) is 0 Å². The molecular weight excluding hydrogens is 316 g/mol. The lowest BCUT2D eigenvalue weighted by Crippen LogP contribution is -2.09. The van der Waals surface area contributed by atoms with Crippen LogP contribution in [0.2, 0.25) is 0 Å². The average Bonchev–Trinajstić information content (AvgIpc) is 2.60. The van der Waals surface area contributed by atoms with Crippen molar-refractivity contribution in [2.24, 2.45) is 10.2 Å². The molecule has 0 amide bonds. The summed E-state index contributed by atoms with van der Waals surface area (Å²) in [6.07, 6.45) is 0. The molecule has 1 aromatic rings. The lowest BCUT2D eigenvalue weighted by atomic mass is 10.3. The fraction of sp³-hybridized carbons (Fsp3) is 0.571. The van der Waals surface area contributed by atoms with Gasteiger partial charge in [0.05, 0.1) is 26.4 Å². The van der Waals surface area contributed by atoms with E-state index in [-0.39, 0.29) is 0 Å². The monoisotopic (exact) mass is 336 g/mol. The third-order valence-electron chi connectivity index (χ3n) is 2.60. The molecule has 0 spiro atoms. The minimum Gasteiger partial charge on any atom is -0.491 e. The van der Waals surface area contributed by atoms with E-state index < -0.39 is 0 Å². The van der Waals surface area contributed by atoms with Crippen molar-refractivity contribution < 1.29 is 18.9 Å². The van der Waals surface area contributed by atoms with Gasteiger partial charge >= 0.3 is 0 Å². The molecule has 24 heavy (non-hydrogen) atoms. The van der Waals surface area contributed by atoms with Crippen LogP contribution in [0.5, 0.6) is 11.5 Å². The first-order valence-corrected chi connectivity index (χ1v) is 7.39. The molecule has 10 heteroatoms. The maximum absolute atomic E-state index is 8.11. The minimum absolute atomic E-state index is 0.310. The highest BCUT2D eigenvalue weighted by Crippen LogP contribution is 2.19. The van der Waals surface area contributed by atoms with Gasteiger partial charge in [-0.1, -0.05) is 16.3 Å². The maximum atomic E-state index is 8.11. The van der Waals surface area contributed by atoms with Crippen molar-refractivity contribution in [3.8, 4) is 11.5 Å². The molecule has 1 rings (SSSR count). The molecule has 1 aromatic carbocycles. The normalized spacial score (nSPS) is 9.67. The molecule has 130 valence electrons. The average molecular weight is 336 g/mol. The molecule has 0 saturated carbocycles. The van der Waals surface area contributed by atoms with Gasteiger partial charge in [-0.05, 0) is 23.2 Å². The number of nitrogens with zero attached hydrogens (tertiary/aromatic N) is 6. The molecule has 10 nitrogen and oxygen atoms in total. The van der Waals surface area contributed by atoms with Gasteiger partial charge in [-0.2, -0.15) is 0 Å². The van der Waals surface area contributed by atoms with Crippen molar-refractivity contribution in [2.75, 3.05) is 52.7 Å². The lowest BCUT2D eigenvalue weighted by molar-refractivity contribution is 0.103. The predicted octanol–water partition coefficient (Wildman–Crippen LogP) is 3.10. The fourth-order valence-corrected chi connectivity index (χ4v) is 1.59. The topological polar surface area (TPSA) is 134 Å². The van der Waals surface area contributed by atoms with Crippen LogP contribution in [0.4, 0.5) is 0 Å². The van der Waals surface area contributed by atoms with E-state index in [2.05, 4.69) is 20.1 Å². The quantitative estimate of drug-likeness (QED) is 0.223. The van der Waals surface area contributed by atoms with Crippen LogP contribution in [-0.4, -0.2) is 52.7 Å². The van der Waals surface area contributed by atoms with Crippen molar-refractivity contribution in [1.29, 1.82) is 0 Å². The molecule has 0 radical (unpaired) electrons. The first-order chi connectivity index (χ1) is 11.9. The molecular formula is C14H20N6O4.